The number of nitrogens with zero attached hydrogens (tertiary/aromatic N) is 1. The van der Waals surface area contributed by atoms with Gasteiger partial charge < -0.3 is 9.30 Å². The monoisotopic (exact) mass is 341 g/mol. The molecule has 1 aliphatic carbocycles. The van der Waals surface area contributed by atoms with Gasteiger partial charge >= 0.3 is 5.97 Å². The van der Waals surface area contributed by atoms with Crippen LogP contribution in [0.2, 0.25) is 0 Å². The molecule has 0 aliphatic heterocycles. The van der Waals surface area contributed by atoms with Crippen LogP contribution in [0.4, 0.5) is 0 Å². The zero-order valence-electron chi connectivity index (χ0n) is 16.0. The van der Waals surface area contributed by atoms with Crippen molar-refractivity contribution in [3.8, 4) is 0 Å². The second kappa shape index (κ2) is 7.23. The van der Waals surface area contributed by atoms with Gasteiger partial charge in [0.15, 0.2) is 0 Å². The lowest BCUT2D eigenvalue weighted by molar-refractivity contribution is -0.152. The molecule has 3 heteroatoms. The van der Waals surface area contributed by atoms with E-state index in [0.717, 1.165) is 43.5 Å². The summed E-state index contributed by atoms with van der Waals surface area (Å²) in [6.45, 7) is 9.39. The minimum atomic E-state index is -0.115. The normalized spacial score (nSPS) is 21.4. The molecule has 1 aliphatic rings. The van der Waals surface area contributed by atoms with Crippen LogP contribution in [0.15, 0.2) is 30.5 Å². The molecule has 1 aromatic heterocycles. The third-order valence-electron chi connectivity index (χ3n) is 5.74. The minimum absolute atomic E-state index is 0.0969. The second-order valence-electron chi connectivity index (χ2n) is 8.52. The van der Waals surface area contributed by atoms with Crippen LogP contribution in [-0.2, 0) is 22.5 Å². The standard InChI is InChI=1S/C22H31NO2/c1-5-16-6-11-20-17(14-16)12-13-23(20)15-21(24)25-19-9-7-18(8-10-19)22(2,3)4/h6,11-14,18-19H,5,7-10,15H2,1-4H3. The topological polar surface area (TPSA) is 31.2 Å². The van der Waals surface area contributed by atoms with E-state index in [1.807, 2.05) is 10.8 Å². The zero-order valence-corrected chi connectivity index (χ0v) is 16.0. The van der Waals surface area contributed by atoms with Gasteiger partial charge in [0.05, 0.1) is 0 Å². The smallest absolute Gasteiger partial charge is 0.326 e. The summed E-state index contributed by atoms with van der Waals surface area (Å²) in [5.74, 6) is 0.625. The third-order valence-corrected chi connectivity index (χ3v) is 5.74. The fourth-order valence-corrected chi connectivity index (χ4v) is 4.02. The third kappa shape index (κ3) is 4.26. The van der Waals surface area contributed by atoms with E-state index in [1.54, 1.807) is 0 Å². The number of carbonyl (C=O) groups excluding carboxylic acids is 1. The summed E-state index contributed by atoms with van der Waals surface area (Å²) in [6, 6.07) is 8.52. The largest absolute Gasteiger partial charge is 0.461 e. The predicted octanol–water partition coefficient (Wildman–Crippen LogP) is 5.35. The molecule has 1 fully saturated rings. The molecule has 0 amide bonds. The van der Waals surface area contributed by atoms with Gasteiger partial charge in [0.2, 0.25) is 0 Å². The molecule has 136 valence electrons. The lowest BCUT2D eigenvalue weighted by Gasteiger charge is -2.36. The van der Waals surface area contributed by atoms with Gasteiger partial charge in [-0.3, -0.25) is 4.79 Å². The maximum absolute atomic E-state index is 12.4. The fraction of sp³-hybridized carbons (Fsp3) is 0.591. The minimum Gasteiger partial charge on any atom is -0.461 e. The van der Waals surface area contributed by atoms with Crippen LogP contribution in [0, 0.1) is 11.3 Å². The molecule has 0 atom stereocenters. The van der Waals surface area contributed by atoms with Crippen molar-refractivity contribution in [3.63, 3.8) is 0 Å². The highest BCUT2D eigenvalue weighted by Crippen LogP contribution is 2.38. The van der Waals surface area contributed by atoms with Crippen LogP contribution in [0.1, 0.15) is 58.9 Å². The number of esters is 1. The first-order valence-electron chi connectivity index (χ1n) is 9.64. The Kier molecular flexibility index (Phi) is 5.21. The second-order valence-corrected chi connectivity index (χ2v) is 8.52. The van der Waals surface area contributed by atoms with Gasteiger partial charge in [0.1, 0.15) is 12.6 Å². The van der Waals surface area contributed by atoms with Crippen LogP contribution in [-0.4, -0.2) is 16.6 Å². The first-order valence-corrected chi connectivity index (χ1v) is 9.64. The fourth-order valence-electron chi connectivity index (χ4n) is 4.02. The number of hydrogen-bond donors (Lipinski definition) is 0. The molecule has 0 radical (unpaired) electrons. The molecule has 0 saturated heterocycles. The van der Waals surface area contributed by atoms with E-state index in [9.17, 15) is 4.79 Å². The van der Waals surface area contributed by atoms with E-state index in [0.29, 0.717) is 12.0 Å². The van der Waals surface area contributed by atoms with Crippen molar-refractivity contribution in [2.24, 2.45) is 11.3 Å². The molecule has 2 aromatic rings. The summed E-state index contributed by atoms with van der Waals surface area (Å²) in [7, 11) is 0. The van der Waals surface area contributed by atoms with Gasteiger partial charge in [-0.05, 0) is 72.6 Å². The number of aryl methyl sites for hydroxylation is 1. The van der Waals surface area contributed by atoms with E-state index in [1.165, 1.54) is 10.9 Å². The number of ether oxygens (including phenoxy) is 1. The quantitative estimate of drug-likeness (QED) is 0.702. The van der Waals surface area contributed by atoms with Gasteiger partial charge in [-0.2, -0.15) is 0 Å². The summed E-state index contributed by atoms with van der Waals surface area (Å²) < 4.78 is 7.76. The summed E-state index contributed by atoms with van der Waals surface area (Å²) >= 11 is 0. The summed E-state index contributed by atoms with van der Waals surface area (Å²) in [6.07, 6.45) is 7.43. The molecule has 1 saturated carbocycles. The van der Waals surface area contributed by atoms with Crippen molar-refractivity contribution in [1.29, 1.82) is 0 Å². The Hall–Kier alpha value is -1.77. The van der Waals surface area contributed by atoms with Crippen LogP contribution >= 0.6 is 0 Å². The average molecular weight is 341 g/mol. The highest BCUT2D eigenvalue weighted by Gasteiger charge is 2.31. The summed E-state index contributed by atoms with van der Waals surface area (Å²) in [4.78, 5) is 12.4. The Morgan fingerprint density at radius 1 is 1.16 bits per heavy atom. The lowest BCUT2D eigenvalue weighted by Crippen LogP contribution is -2.31. The lowest BCUT2D eigenvalue weighted by atomic mass is 9.72. The predicted molar refractivity (Wildman–Crippen MR) is 103 cm³/mol. The van der Waals surface area contributed by atoms with Crippen molar-refractivity contribution in [3.05, 3.63) is 36.0 Å². The Labute approximate surface area is 151 Å². The van der Waals surface area contributed by atoms with E-state index in [4.69, 9.17) is 4.74 Å². The van der Waals surface area contributed by atoms with Gasteiger partial charge in [-0.15, -0.1) is 0 Å². The zero-order chi connectivity index (χ0) is 18.0. The molecule has 25 heavy (non-hydrogen) atoms. The van der Waals surface area contributed by atoms with E-state index in [-0.39, 0.29) is 12.1 Å². The maximum Gasteiger partial charge on any atom is 0.326 e. The first-order chi connectivity index (χ1) is 11.9. The van der Waals surface area contributed by atoms with Crippen molar-refractivity contribution in [2.45, 2.75) is 72.4 Å². The number of benzene rings is 1. The van der Waals surface area contributed by atoms with Gasteiger partial charge in [0, 0.05) is 11.7 Å². The van der Waals surface area contributed by atoms with Crippen molar-refractivity contribution in [2.75, 3.05) is 0 Å². The van der Waals surface area contributed by atoms with Crippen molar-refractivity contribution >= 4 is 16.9 Å². The highest BCUT2D eigenvalue weighted by molar-refractivity contribution is 5.82. The number of rotatable bonds is 4. The molecule has 0 bridgehead atoms. The van der Waals surface area contributed by atoms with Crippen LogP contribution in [0.25, 0.3) is 10.9 Å². The Morgan fingerprint density at radius 2 is 1.88 bits per heavy atom. The van der Waals surface area contributed by atoms with E-state index < -0.39 is 0 Å². The molecular weight excluding hydrogens is 310 g/mol. The summed E-state index contributed by atoms with van der Waals surface area (Å²) in [5, 5.41) is 1.19. The van der Waals surface area contributed by atoms with Crippen molar-refractivity contribution < 1.29 is 9.53 Å². The molecule has 0 N–H and O–H groups in total. The average Bonchev–Trinajstić information content (AvgIpc) is 2.96. The van der Waals surface area contributed by atoms with Gasteiger partial charge in [-0.25, -0.2) is 0 Å². The molecule has 3 rings (SSSR count). The Morgan fingerprint density at radius 3 is 2.52 bits per heavy atom. The SMILES string of the molecule is CCc1ccc2c(ccn2CC(=O)OC2CCC(C(C)(C)C)CC2)c1. The number of aromatic nitrogens is 1. The summed E-state index contributed by atoms with van der Waals surface area (Å²) in [5.41, 5.74) is 2.78. The maximum atomic E-state index is 12.4. The molecule has 3 nitrogen and oxygen atoms in total. The van der Waals surface area contributed by atoms with Crippen LogP contribution in [0.5, 0.6) is 0 Å². The van der Waals surface area contributed by atoms with E-state index >= 15 is 0 Å². The molecule has 1 heterocycles. The van der Waals surface area contributed by atoms with E-state index in [2.05, 4.69) is 52.0 Å². The highest BCUT2D eigenvalue weighted by atomic mass is 16.5. The first kappa shape index (κ1) is 18.0. The number of fused-ring (bicyclic) bond motifs is 1. The molecule has 1 aromatic carbocycles. The van der Waals surface area contributed by atoms with Crippen LogP contribution in [0.3, 0.4) is 0 Å². The Balaban J connectivity index is 1.57. The molecule has 0 unspecified atom stereocenters. The molecule has 0 spiro atoms. The van der Waals surface area contributed by atoms with Crippen LogP contribution < -0.4 is 0 Å². The van der Waals surface area contributed by atoms with Gasteiger partial charge in [-0.1, -0.05) is 33.8 Å². The molecular formula is C22H31NO2. The van der Waals surface area contributed by atoms with Crippen molar-refractivity contribution in [1.82, 2.24) is 4.57 Å². The number of hydrogen-bond acceptors (Lipinski definition) is 2. The number of carbonyl (C=O) groups is 1. The Bertz CT molecular complexity index is 730. The van der Waals surface area contributed by atoms with Gasteiger partial charge in [0.25, 0.3) is 0 Å².